The fourth-order valence-corrected chi connectivity index (χ4v) is 4.80. The summed E-state index contributed by atoms with van der Waals surface area (Å²) in [5, 5.41) is 1.71. The summed E-state index contributed by atoms with van der Waals surface area (Å²) in [6.45, 7) is 1.47. The van der Waals surface area contributed by atoms with Gasteiger partial charge in [0.2, 0.25) is 0 Å². The average molecular weight is 375 g/mol. The van der Waals surface area contributed by atoms with E-state index in [1.807, 2.05) is 30.1 Å². The molecule has 0 aromatic carbocycles. The zero-order valence-electron chi connectivity index (χ0n) is 15.5. The van der Waals surface area contributed by atoms with Gasteiger partial charge in [-0.1, -0.05) is 25.7 Å². The van der Waals surface area contributed by atoms with Crippen LogP contribution in [0.4, 0.5) is 0 Å². The number of carbonyl (C=O) groups is 1. The van der Waals surface area contributed by atoms with Crippen LogP contribution in [0, 0.1) is 0 Å². The van der Waals surface area contributed by atoms with Crippen molar-refractivity contribution in [2.75, 3.05) is 6.54 Å². The lowest BCUT2D eigenvalue weighted by Gasteiger charge is -2.30. The molecule has 1 unspecified atom stereocenters. The maximum atomic E-state index is 11.5. The fourth-order valence-electron chi connectivity index (χ4n) is 3.59. The van der Waals surface area contributed by atoms with E-state index in [0.29, 0.717) is 13.0 Å². The van der Waals surface area contributed by atoms with Crippen molar-refractivity contribution in [1.82, 2.24) is 14.6 Å². The number of nitrogens with two attached hydrogens (primary N) is 1. The molecule has 0 saturated carbocycles. The number of hydrogen-bond acceptors (Lipinski definition) is 5. The minimum atomic E-state index is 0.224. The van der Waals surface area contributed by atoms with Crippen LogP contribution in [-0.2, 0) is 17.8 Å². The highest BCUT2D eigenvalue weighted by atomic mass is 32.1. The van der Waals surface area contributed by atoms with Gasteiger partial charge >= 0.3 is 0 Å². The smallest absolute Gasteiger partial charge is 0.148 e. The summed E-state index contributed by atoms with van der Waals surface area (Å²) in [7, 11) is 0. The summed E-state index contributed by atoms with van der Waals surface area (Å²) in [5.74, 6) is 6.29. The van der Waals surface area contributed by atoms with E-state index in [2.05, 4.69) is 21.7 Å². The Bertz CT molecular complexity index is 667. The van der Waals surface area contributed by atoms with Gasteiger partial charge in [0.05, 0.1) is 18.9 Å². The standard InChI is InChI=1S/C20H30N4OS/c21-24-15-17(25)8-10-19(24)20-11-9-18(26-20)7-5-3-1-2-4-6-13-23-14-12-22-16-23/h9,11-12,14,16,19H,1-8,10,13,15,21H2. The van der Waals surface area contributed by atoms with E-state index in [4.69, 9.17) is 5.84 Å². The number of aromatic nitrogens is 2. The van der Waals surface area contributed by atoms with Crippen LogP contribution in [0.15, 0.2) is 30.9 Å². The third kappa shape index (κ3) is 5.76. The zero-order chi connectivity index (χ0) is 18.2. The van der Waals surface area contributed by atoms with E-state index in [1.54, 1.807) is 5.01 Å². The van der Waals surface area contributed by atoms with Gasteiger partial charge in [0.1, 0.15) is 5.78 Å². The Morgan fingerprint density at radius 3 is 2.73 bits per heavy atom. The average Bonchev–Trinajstić information content (AvgIpc) is 3.29. The Kier molecular flexibility index (Phi) is 7.41. The monoisotopic (exact) mass is 374 g/mol. The number of rotatable bonds is 10. The van der Waals surface area contributed by atoms with Gasteiger partial charge in [-0.3, -0.25) is 10.6 Å². The molecule has 6 heteroatoms. The quantitative estimate of drug-likeness (QED) is 0.502. The van der Waals surface area contributed by atoms with Gasteiger partial charge in [-0.25, -0.2) is 9.99 Å². The summed E-state index contributed by atoms with van der Waals surface area (Å²) < 4.78 is 2.15. The van der Waals surface area contributed by atoms with Crippen molar-refractivity contribution < 1.29 is 4.79 Å². The van der Waals surface area contributed by atoms with E-state index in [0.717, 1.165) is 19.4 Å². The van der Waals surface area contributed by atoms with Gasteiger partial charge in [0, 0.05) is 35.1 Å². The van der Waals surface area contributed by atoms with Crippen molar-refractivity contribution in [1.29, 1.82) is 0 Å². The van der Waals surface area contributed by atoms with Gasteiger partial charge < -0.3 is 4.57 Å². The highest BCUT2D eigenvalue weighted by Gasteiger charge is 2.26. The lowest BCUT2D eigenvalue weighted by atomic mass is 10.0. The minimum Gasteiger partial charge on any atom is -0.337 e. The summed E-state index contributed by atoms with van der Waals surface area (Å²) in [6, 6.07) is 4.67. The number of hydrogen-bond donors (Lipinski definition) is 1. The van der Waals surface area contributed by atoms with Gasteiger partial charge in [-0.2, -0.15) is 0 Å². The number of carbonyl (C=O) groups excluding carboxylic acids is 1. The lowest BCUT2D eigenvalue weighted by Crippen LogP contribution is -2.42. The van der Waals surface area contributed by atoms with E-state index in [9.17, 15) is 4.79 Å². The second-order valence-electron chi connectivity index (χ2n) is 7.24. The highest BCUT2D eigenvalue weighted by molar-refractivity contribution is 7.12. The molecule has 0 amide bonds. The first-order chi connectivity index (χ1) is 12.7. The predicted octanol–water partition coefficient (Wildman–Crippen LogP) is 4.11. The van der Waals surface area contributed by atoms with Crippen LogP contribution in [0.5, 0.6) is 0 Å². The van der Waals surface area contributed by atoms with Gasteiger partial charge in [0.25, 0.3) is 0 Å². The molecule has 0 spiro atoms. The molecular formula is C20H30N4OS. The van der Waals surface area contributed by atoms with Crippen molar-refractivity contribution in [2.24, 2.45) is 5.84 Å². The molecule has 3 heterocycles. The first kappa shape index (κ1) is 19.3. The molecule has 142 valence electrons. The van der Waals surface area contributed by atoms with Crippen molar-refractivity contribution in [3.8, 4) is 0 Å². The molecule has 3 rings (SSSR count). The largest absolute Gasteiger partial charge is 0.337 e. The SMILES string of the molecule is NN1CC(=O)CCC1c1ccc(CCCCCCCCn2ccnc2)s1. The normalized spacial score (nSPS) is 18.5. The van der Waals surface area contributed by atoms with Crippen LogP contribution in [0.3, 0.4) is 0 Å². The minimum absolute atomic E-state index is 0.224. The Labute approximate surface area is 160 Å². The summed E-state index contributed by atoms with van der Waals surface area (Å²) >= 11 is 1.87. The van der Waals surface area contributed by atoms with Gasteiger partial charge in [-0.05, 0) is 37.8 Å². The molecule has 0 aliphatic carbocycles. The Morgan fingerprint density at radius 2 is 1.96 bits per heavy atom. The molecular weight excluding hydrogens is 344 g/mol. The molecule has 1 fully saturated rings. The first-order valence-electron chi connectivity index (χ1n) is 9.80. The Hall–Kier alpha value is -1.50. The molecule has 26 heavy (non-hydrogen) atoms. The molecule has 2 aromatic rings. The van der Waals surface area contributed by atoms with Crippen molar-refractivity contribution >= 4 is 17.1 Å². The van der Waals surface area contributed by atoms with Crippen molar-refractivity contribution in [3.63, 3.8) is 0 Å². The van der Waals surface area contributed by atoms with Crippen LogP contribution < -0.4 is 5.84 Å². The summed E-state index contributed by atoms with van der Waals surface area (Å²) in [5.41, 5.74) is 0. The summed E-state index contributed by atoms with van der Waals surface area (Å²) in [6.07, 6.45) is 16.2. The van der Waals surface area contributed by atoms with Crippen LogP contribution >= 0.6 is 11.3 Å². The topological polar surface area (TPSA) is 64.2 Å². The molecule has 2 N–H and O–H groups in total. The number of aryl methyl sites for hydroxylation is 2. The lowest BCUT2D eigenvalue weighted by molar-refractivity contribution is -0.123. The molecule has 1 saturated heterocycles. The number of ketones is 1. The summed E-state index contributed by atoms with van der Waals surface area (Å²) in [4.78, 5) is 18.3. The fraction of sp³-hybridized carbons (Fsp3) is 0.600. The van der Waals surface area contributed by atoms with Gasteiger partial charge in [-0.15, -0.1) is 11.3 Å². The van der Waals surface area contributed by atoms with Crippen LogP contribution in [0.1, 0.15) is 67.2 Å². The number of imidazole rings is 1. The van der Waals surface area contributed by atoms with Crippen molar-refractivity contribution in [3.05, 3.63) is 40.6 Å². The molecule has 0 bridgehead atoms. The second-order valence-corrected chi connectivity index (χ2v) is 8.44. The van der Waals surface area contributed by atoms with E-state index >= 15 is 0 Å². The number of Topliss-reactive ketones (excluding diaryl/α,β-unsaturated/α-hetero) is 1. The molecule has 0 radical (unpaired) electrons. The molecule has 1 aliphatic rings. The second kappa shape index (κ2) is 10.00. The van der Waals surface area contributed by atoms with E-state index < -0.39 is 0 Å². The third-order valence-electron chi connectivity index (χ3n) is 5.12. The maximum Gasteiger partial charge on any atom is 0.148 e. The molecule has 1 aliphatic heterocycles. The van der Waals surface area contributed by atoms with Crippen LogP contribution in [0.2, 0.25) is 0 Å². The maximum absolute atomic E-state index is 11.5. The number of thiophene rings is 1. The zero-order valence-corrected chi connectivity index (χ0v) is 16.3. The molecule has 2 aromatic heterocycles. The highest BCUT2D eigenvalue weighted by Crippen LogP contribution is 2.32. The van der Waals surface area contributed by atoms with Crippen molar-refractivity contribution in [2.45, 2.75) is 70.4 Å². The number of unbranched alkanes of at least 4 members (excludes halogenated alkanes) is 5. The number of piperidine rings is 1. The van der Waals surface area contributed by atoms with Crippen LogP contribution in [0.25, 0.3) is 0 Å². The van der Waals surface area contributed by atoms with Gasteiger partial charge in [0.15, 0.2) is 0 Å². The Morgan fingerprint density at radius 1 is 1.15 bits per heavy atom. The van der Waals surface area contributed by atoms with E-state index in [1.165, 1.54) is 48.3 Å². The van der Waals surface area contributed by atoms with Crippen LogP contribution in [-0.4, -0.2) is 26.9 Å². The van der Waals surface area contributed by atoms with E-state index in [-0.39, 0.29) is 11.8 Å². The Balaban J connectivity index is 1.27. The third-order valence-corrected chi connectivity index (χ3v) is 6.36. The number of nitrogens with zero attached hydrogens (tertiary/aromatic N) is 3. The number of hydrazine groups is 1. The predicted molar refractivity (Wildman–Crippen MR) is 106 cm³/mol. The molecule has 1 atom stereocenters. The molecule has 5 nitrogen and oxygen atoms in total. The first-order valence-corrected chi connectivity index (χ1v) is 10.6.